The minimum Gasteiger partial charge on any atom is -0.383 e. The number of carbonyl (C=O) groups is 1. The highest BCUT2D eigenvalue weighted by atomic mass is 32.2. The number of aromatic nitrogens is 1. The van der Waals surface area contributed by atoms with Crippen molar-refractivity contribution in [3.63, 3.8) is 0 Å². The number of anilines is 2. The molecule has 3 N–H and O–H groups in total. The molecule has 0 fully saturated rings. The smallest absolute Gasteiger partial charge is 0.234 e. The Hall–Kier alpha value is -3.81. The van der Waals surface area contributed by atoms with Gasteiger partial charge in [-0.1, -0.05) is 60.3 Å². The highest BCUT2D eigenvalue weighted by Crippen LogP contribution is 2.28. The van der Waals surface area contributed by atoms with Crippen molar-refractivity contribution in [2.75, 3.05) is 16.8 Å². The summed E-state index contributed by atoms with van der Waals surface area (Å²) in [6, 6.07) is 22.6. The van der Waals surface area contributed by atoms with E-state index in [1.165, 1.54) is 6.07 Å². The summed E-state index contributed by atoms with van der Waals surface area (Å²) in [5.74, 6) is -0.142. The number of benzene rings is 2. The van der Waals surface area contributed by atoms with Gasteiger partial charge in [0.2, 0.25) is 5.91 Å². The van der Waals surface area contributed by atoms with Gasteiger partial charge in [-0.25, -0.2) is 4.98 Å². The Balaban J connectivity index is 1.74. The van der Waals surface area contributed by atoms with E-state index in [0.717, 1.165) is 22.9 Å². The summed E-state index contributed by atoms with van der Waals surface area (Å²) in [5, 5.41) is 21.4. The zero-order valence-electron chi connectivity index (χ0n) is 14.7. The number of thioether (sulfide) groups is 1. The maximum absolute atomic E-state index is 12.5. The summed E-state index contributed by atoms with van der Waals surface area (Å²) in [6.07, 6.45) is 0. The van der Waals surface area contributed by atoms with E-state index in [4.69, 9.17) is 11.0 Å². The molecule has 0 unspecified atom stereocenters. The maximum atomic E-state index is 12.5. The predicted molar refractivity (Wildman–Crippen MR) is 109 cm³/mol. The highest BCUT2D eigenvalue weighted by molar-refractivity contribution is 8.00. The number of nitrogens with two attached hydrogens (primary N) is 1. The summed E-state index contributed by atoms with van der Waals surface area (Å²) >= 11 is 1.10. The third-order valence-corrected chi connectivity index (χ3v) is 4.88. The fraction of sp³-hybridized carbons (Fsp3) is 0.0476. The van der Waals surface area contributed by atoms with Gasteiger partial charge in [0.05, 0.1) is 16.9 Å². The number of pyridine rings is 1. The number of hydrogen-bond acceptors (Lipinski definition) is 6. The first-order chi connectivity index (χ1) is 13.6. The normalized spacial score (nSPS) is 9.93. The zero-order valence-corrected chi connectivity index (χ0v) is 15.5. The number of nitrogens with zero attached hydrogens (tertiary/aromatic N) is 3. The molecule has 2 aromatic carbocycles. The predicted octanol–water partition coefficient (Wildman–Crippen LogP) is 3.80. The van der Waals surface area contributed by atoms with E-state index in [9.17, 15) is 10.1 Å². The summed E-state index contributed by atoms with van der Waals surface area (Å²) < 4.78 is 0. The molecule has 0 saturated carbocycles. The standard InChI is InChI=1S/C21H15N5OS/c22-11-15-10-16(12-23)21(26-20(15)24)28-13-19(27)25-18-9-5-4-8-17(18)14-6-2-1-3-7-14/h1-10H,13H2,(H2,24,26)(H,25,27). The van der Waals surface area contributed by atoms with Gasteiger partial charge < -0.3 is 11.1 Å². The van der Waals surface area contributed by atoms with Crippen LogP contribution in [0.1, 0.15) is 11.1 Å². The molecule has 7 heteroatoms. The van der Waals surface area contributed by atoms with Crippen molar-refractivity contribution < 1.29 is 4.79 Å². The van der Waals surface area contributed by atoms with E-state index in [0.29, 0.717) is 10.7 Å². The number of hydrogen-bond donors (Lipinski definition) is 2. The molecule has 0 aliphatic carbocycles. The van der Waals surface area contributed by atoms with Gasteiger partial charge in [0.25, 0.3) is 0 Å². The minimum atomic E-state index is -0.234. The average molecular weight is 385 g/mol. The Bertz CT molecular complexity index is 1100. The lowest BCUT2D eigenvalue weighted by Crippen LogP contribution is -2.15. The molecule has 6 nitrogen and oxygen atoms in total. The maximum Gasteiger partial charge on any atom is 0.234 e. The Morgan fingerprint density at radius 3 is 2.43 bits per heavy atom. The van der Waals surface area contributed by atoms with E-state index >= 15 is 0 Å². The number of amides is 1. The van der Waals surface area contributed by atoms with E-state index in [1.807, 2.05) is 66.7 Å². The van der Waals surface area contributed by atoms with Gasteiger partial charge >= 0.3 is 0 Å². The topological polar surface area (TPSA) is 116 Å². The number of para-hydroxylation sites is 1. The SMILES string of the molecule is N#Cc1cc(C#N)c(SCC(=O)Nc2ccccc2-c2ccccc2)nc1N. The van der Waals surface area contributed by atoms with Gasteiger partial charge in [-0.2, -0.15) is 10.5 Å². The van der Waals surface area contributed by atoms with Gasteiger partial charge in [0.1, 0.15) is 23.0 Å². The first-order valence-corrected chi connectivity index (χ1v) is 9.28. The van der Waals surface area contributed by atoms with Crippen molar-refractivity contribution in [3.8, 4) is 23.3 Å². The molecule has 3 rings (SSSR count). The van der Waals surface area contributed by atoms with Crippen LogP contribution in [0.5, 0.6) is 0 Å². The molecule has 28 heavy (non-hydrogen) atoms. The Kier molecular flexibility index (Phi) is 5.91. The van der Waals surface area contributed by atoms with Crippen molar-refractivity contribution in [2.45, 2.75) is 5.03 Å². The van der Waals surface area contributed by atoms with Crippen LogP contribution in [0.4, 0.5) is 11.5 Å². The number of carbonyl (C=O) groups excluding carboxylic acids is 1. The van der Waals surface area contributed by atoms with Crippen LogP contribution in [0, 0.1) is 22.7 Å². The third kappa shape index (κ3) is 4.29. The Morgan fingerprint density at radius 1 is 1.04 bits per heavy atom. The summed E-state index contributed by atoms with van der Waals surface area (Å²) in [4.78, 5) is 16.5. The molecule has 1 amide bonds. The van der Waals surface area contributed by atoms with Crippen molar-refractivity contribution in [2.24, 2.45) is 0 Å². The first-order valence-electron chi connectivity index (χ1n) is 8.30. The van der Waals surface area contributed by atoms with Gasteiger partial charge in [0, 0.05) is 11.3 Å². The molecule has 0 radical (unpaired) electrons. The second-order valence-electron chi connectivity index (χ2n) is 5.75. The molecular weight excluding hydrogens is 370 g/mol. The molecule has 1 heterocycles. The molecule has 0 spiro atoms. The van der Waals surface area contributed by atoms with Crippen LogP contribution in [0.3, 0.4) is 0 Å². The number of nitriles is 2. The molecule has 0 bridgehead atoms. The molecule has 0 aliphatic rings. The minimum absolute atomic E-state index is 0.0406. The highest BCUT2D eigenvalue weighted by Gasteiger charge is 2.13. The van der Waals surface area contributed by atoms with Crippen LogP contribution in [0.15, 0.2) is 65.7 Å². The second kappa shape index (κ2) is 8.72. The van der Waals surface area contributed by atoms with Gasteiger partial charge in [-0.3, -0.25) is 4.79 Å². The van der Waals surface area contributed by atoms with Gasteiger partial charge in [0.15, 0.2) is 0 Å². The van der Waals surface area contributed by atoms with Crippen molar-refractivity contribution in [1.29, 1.82) is 10.5 Å². The van der Waals surface area contributed by atoms with Crippen molar-refractivity contribution in [1.82, 2.24) is 4.98 Å². The Labute approximate surface area is 166 Å². The number of rotatable bonds is 5. The molecule has 136 valence electrons. The van der Waals surface area contributed by atoms with E-state index in [1.54, 1.807) is 0 Å². The molecule has 3 aromatic rings. The lowest BCUT2D eigenvalue weighted by molar-refractivity contribution is -0.113. The second-order valence-corrected chi connectivity index (χ2v) is 6.71. The monoisotopic (exact) mass is 385 g/mol. The molecule has 0 saturated heterocycles. The molecular formula is C21H15N5OS. The largest absolute Gasteiger partial charge is 0.383 e. The van der Waals surface area contributed by atoms with Crippen LogP contribution in [-0.2, 0) is 4.79 Å². The lowest BCUT2D eigenvalue weighted by atomic mass is 10.0. The lowest BCUT2D eigenvalue weighted by Gasteiger charge is -2.11. The van der Waals surface area contributed by atoms with Crippen LogP contribution >= 0.6 is 11.8 Å². The number of nitrogens with one attached hydrogen (secondary N) is 1. The first kappa shape index (κ1) is 19.0. The van der Waals surface area contributed by atoms with Crippen LogP contribution < -0.4 is 11.1 Å². The van der Waals surface area contributed by atoms with Crippen LogP contribution in [0.25, 0.3) is 11.1 Å². The quantitative estimate of drug-likeness (QED) is 0.645. The summed E-state index contributed by atoms with van der Waals surface area (Å²) in [6.45, 7) is 0. The average Bonchev–Trinajstić information content (AvgIpc) is 2.73. The molecule has 0 aliphatic heterocycles. The summed E-state index contributed by atoms with van der Waals surface area (Å²) in [5.41, 5.74) is 8.69. The fourth-order valence-corrected chi connectivity index (χ4v) is 3.33. The van der Waals surface area contributed by atoms with Crippen molar-refractivity contribution in [3.05, 3.63) is 71.8 Å². The zero-order chi connectivity index (χ0) is 19.9. The van der Waals surface area contributed by atoms with E-state index < -0.39 is 0 Å². The van der Waals surface area contributed by atoms with Crippen molar-refractivity contribution >= 4 is 29.2 Å². The third-order valence-electron chi connectivity index (χ3n) is 3.88. The van der Waals surface area contributed by atoms with E-state index in [-0.39, 0.29) is 28.6 Å². The van der Waals surface area contributed by atoms with Crippen LogP contribution in [0.2, 0.25) is 0 Å². The molecule has 0 atom stereocenters. The van der Waals surface area contributed by atoms with Gasteiger partial charge in [-0.05, 0) is 17.7 Å². The Morgan fingerprint density at radius 2 is 1.71 bits per heavy atom. The van der Waals surface area contributed by atoms with Gasteiger partial charge in [-0.15, -0.1) is 0 Å². The van der Waals surface area contributed by atoms with E-state index in [2.05, 4.69) is 10.3 Å². The summed E-state index contributed by atoms with van der Waals surface area (Å²) in [7, 11) is 0. The fourth-order valence-electron chi connectivity index (χ4n) is 2.57. The molecule has 1 aromatic heterocycles. The number of nitrogen functional groups attached to an aromatic ring is 1. The van der Waals surface area contributed by atoms with Crippen LogP contribution in [-0.4, -0.2) is 16.6 Å².